The van der Waals surface area contributed by atoms with Crippen LogP contribution < -0.4 is 4.90 Å². The Balaban J connectivity index is 2.17. The van der Waals surface area contributed by atoms with Crippen LogP contribution in [-0.2, 0) is 0 Å². The zero-order valence-electron chi connectivity index (χ0n) is 10.1. The van der Waals surface area contributed by atoms with Crippen LogP contribution in [0.1, 0.15) is 5.56 Å². The second-order valence-electron chi connectivity index (χ2n) is 4.38. The van der Waals surface area contributed by atoms with Crippen molar-refractivity contribution in [3.05, 3.63) is 27.9 Å². The minimum Gasteiger partial charge on any atom is -0.354 e. The Bertz CT molecular complexity index is 427. The largest absolute Gasteiger partial charge is 0.354 e. The quantitative estimate of drug-likeness (QED) is 0.567. The maximum absolute atomic E-state index is 10.7. The molecule has 1 aromatic heterocycles. The van der Waals surface area contributed by atoms with Gasteiger partial charge in [0.05, 0.1) is 4.92 Å². The van der Waals surface area contributed by atoms with E-state index in [4.69, 9.17) is 0 Å². The molecule has 0 unspecified atom stereocenters. The molecule has 17 heavy (non-hydrogen) atoms. The van der Waals surface area contributed by atoms with Crippen LogP contribution >= 0.6 is 0 Å². The van der Waals surface area contributed by atoms with Gasteiger partial charge >= 0.3 is 0 Å². The highest BCUT2D eigenvalue weighted by molar-refractivity contribution is 5.48. The SMILES string of the molecule is Cc1cc(N2CCN(C)CC2)ncc1[N+](=O)[O-]. The molecule has 0 aliphatic carbocycles. The molecule has 1 saturated heterocycles. The number of nitro groups is 1. The highest BCUT2D eigenvalue weighted by Crippen LogP contribution is 2.21. The summed E-state index contributed by atoms with van der Waals surface area (Å²) >= 11 is 0. The highest BCUT2D eigenvalue weighted by Gasteiger charge is 2.18. The third-order valence-electron chi connectivity index (χ3n) is 3.09. The van der Waals surface area contributed by atoms with Gasteiger partial charge in [-0.05, 0) is 20.0 Å². The molecule has 0 amide bonds. The minimum atomic E-state index is -0.393. The fourth-order valence-electron chi connectivity index (χ4n) is 1.93. The number of rotatable bonds is 2. The number of anilines is 1. The first-order chi connectivity index (χ1) is 8.08. The van der Waals surface area contributed by atoms with E-state index < -0.39 is 4.92 Å². The van der Waals surface area contributed by atoms with E-state index in [1.54, 1.807) is 13.0 Å². The summed E-state index contributed by atoms with van der Waals surface area (Å²) in [5.41, 5.74) is 0.752. The molecule has 1 aromatic rings. The molecule has 1 aliphatic heterocycles. The van der Waals surface area contributed by atoms with Crippen LogP contribution in [0.15, 0.2) is 12.3 Å². The Hall–Kier alpha value is -1.69. The number of piperazine rings is 1. The Morgan fingerprint density at radius 2 is 2.00 bits per heavy atom. The Labute approximate surface area is 100 Å². The first kappa shape index (κ1) is 11.8. The Morgan fingerprint density at radius 1 is 1.35 bits per heavy atom. The molecule has 0 aromatic carbocycles. The molecule has 1 fully saturated rings. The van der Waals surface area contributed by atoms with Crippen molar-refractivity contribution in [2.45, 2.75) is 6.92 Å². The van der Waals surface area contributed by atoms with E-state index in [-0.39, 0.29) is 5.69 Å². The predicted octanol–water partition coefficient (Wildman–Crippen LogP) is 1.05. The van der Waals surface area contributed by atoms with Gasteiger partial charge in [0, 0.05) is 31.7 Å². The predicted molar refractivity (Wildman–Crippen MR) is 65.3 cm³/mol. The second-order valence-corrected chi connectivity index (χ2v) is 4.38. The summed E-state index contributed by atoms with van der Waals surface area (Å²) < 4.78 is 0. The molecule has 0 spiro atoms. The number of nitrogens with zero attached hydrogens (tertiary/aromatic N) is 4. The molecule has 0 saturated carbocycles. The van der Waals surface area contributed by atoms with Crippen LogP contribution in [0.3, 0.4) is 0 Å². The summed E-state index contributed by atoms with van der Waals surface area (Å²) in [7, 11) is 2.09. The summed E-state index contributed by atoms with van der Waals surface area (Å²) in [5, 5.41) is 10.7. The van der Waals surface area contributed by atoms with Gasteiger partial charge < -0.3 is 9.80 Å². The topological polar surface area (TPSA) is 62.5 Å². The van der Waals surface area contributed by atoms with Crippen molar-refractivity contribution in [1.29, 1.82) is 0 Å². The third kappa shape index (κ3) is 2.52. The standard InChI is InChI=1S/C11H16N4O2/c1-9-7-11(12-8-10(9)15(16)17)14-5-3-13(2)4-6-14/h7-8H,3-6H2,1-2H3. The lowest BCUT2D eigenvalue weighted by atomic mass is 10.2. The van der Waals surface area contributed by atoms with Gasteiger partial charge in [-0.25, -0.2) is 4.98 Å². The molecule has 92 valence electrons. The number of likely N-dealkylation sites (N-methyl/N-ethyl adjacent to an activating group) is 1. The van der Waals surface area contributed by atoms with Gasteiger partial charge in [0.25, 0.3) is 5.69 Å². The summed E-state index contributed by atoms with van der Waals surface area (Å²) in [4.78, 5) is 18.9. The van der Waals surface area contributed by atoms with E-state index >= 15 is 0 Å². The molecule has 6 heteroatoms. The number of pyridine rings is 1. The number of aromatic nitrogens is 1. The van der Waals surface area contributed by atoms with Crippen LogP contribution in [0, 0.1) is 17.0 Å². The van der Waals surface area contributed by atoms with Crippen molar-refractivity contribution >= 4 is 11.5 Å². The van der Waals surface area contributed by atoms with Gasteiger partial charge in [-0.1, -0.05) is 0 Å². The number of hydrogen-bond donors (Lipinski definition) is 0. The maximum atomic E-state index is 10.7. The number of hydrogen-bond acceptors (Lipinski definition) is 5. The molecule has 6 nitrogen and oxygen atoms in total. The van der Waals surface area contributed by atoms with Gasteiger partial charge in [0.2, 0.25) is 0 Å². The number of aryl methyl sites for hydroxylation is 1. The average molecular weight is 236 g/mol. The van der Waals surface area contributed by atoms with Gasteiger partial charge in [-0.15, -0.1) is 0 Å². The van der Waals surface area contributed by atoms with Crippen LogP contribution in [0.4, 0.5) is 11.5 Å². The van der Waals surface area contributed by atoms with Gasteiger partial charge in [0.15, 0.2) is 0 Å². The minimum absolute atomic E-state index is 0.0860. The van der Waals surface area contributed by atoms with Crippen LogP contribution in [0.2, 0.25) is 0 Å². The zero-order valence-corrected chi connectivity index (χ0v) is 10.1. The average Bonchev–Trinajstić information content (AvgIpc) is 2.29. The lowest BCUT2D eigenvalue weighted by Gasteiger charge is -2.33. The molecule has 2 heterocycles. The van der Waals surface area contributed by atoms with E-state index in [2.05, 4.69) is 21.8 Å². The molecule has 2 rings (SSSR count). The second kappa shape index (κ2) is 4.67. The monoisotopic (exact) mass is 236 g/mol. The van der Waals surface area contributed by atoms with Crippen molar-refractivity contribution < 1.29 is 4.92 Å². The Kier molecular flexibility index (Phi) is 3.23. The lowest BCUT2D eigenvalue weighted by molar-refractivity contribution is -0.385. The zero-order chi connectivity index (χ0) is 12.4. The third-order valence-corrected chi connectivity index (χ3v) is 3.09. The molecule has 1 aliphatic rings. The van der Waals surface area contributed by atoms with E-state index in [9.17, 15) is 10.1 Å². The van der Waals surface area contributed by atoms with E-state index in [1.165, 1.54) is 6.20 Å². The molecular weight excluding hydrogens is 220 g/mol. The Morgan fingerprint density at radius 3 is 2.53 bits per heavy atom. The normalized spacial score (nSPS) is 17.2. The van der Waals surface area contributed by atoms with Crippen LogP contribution in [0.5, 0.6) is 0 Å². The van der Waals surface area contributed by atoms with E-state index in [0.29, 0.717) is 5.56 Å². The summed E-state index contributed by atoms with van der Waals surface area (Å²) in [5.74, 6) is 0.834. The van der Waals surface area contributed by atoms with Crippen molar-refractivity contribution in [3.63, 3.8) is 0 Å². The first-order valence-corrected chi connectivity index (χ1v) is 5.62. The molecule has 0 atom stereocenters. The fourth-order valence-corrected chi connectivity index (χ4v) is 1.93. The molecule has 0 N–H and O–H groups in total. The highest BCUT2D eigenvalue weighted by atomic mass is 16.6. The van der Waals surface area contributed by atoms with Crippen molar-refractivity contribution in [3.8, 4) is 0 Å². The smallest absolute Gasteiger partial charge is 0.290 e. The van der Waals surface area contributed by atoms with Crippen molar-refractivity contribution in [2.24, 2.45) is 0 Å². The van der Waals surface area contributed by atoms with Crippen molar-refractivity contribution in [1.82, 2.24) is 9.88 Å². The van der Waals surface area contributed by atoms with E-state index in [0.717, 1.165) is 32.0 Å². The van der Waals surface area contributed by atoms with Gasteiger partial charge in [-0.2, -0.15) is 0 Å². The maximum Gasteiger partial charge on any atom is 0.290 e. The first-order valence-electron chi connectivity index (χ1n) is 5.62. The fraction of sp³-hybridized carbons (Fsp3) is 0.545. The van der Waals surface area contributed by atoms with Crippen LogP contribution in [-0.4, -0.2) is 48.0 Å². The van der Waals surface area contributed by atoms with Gasteiger partial charge in [0.1, 0.15) is 12.0 Å². The lowest BCUT2D eigenvalue weighted by Crippen LogP contribution is -2.44. The summed E-state index contributed by atoms with van der Waals surface area (Å²) in [6, 6.07) is 1.80. The summed E-state index contributed by atoms with van der Waals surface area (Å²) in [6.07, 6.45) is 1.35. The van der Waals surface area contributed by atoms with Crippen molar-refractivity contribution in [2.75, 3.05) is 38.1 Å². The molecular formula is C11H16N4O2. The molecule has 0 bridgehead atoms. The van der Waals surface area contributed by atoms with Crippen LogP contribution in [0.25, 0.3) is 0 Å². The summed E-state index contributed by atoms with van der Waals surface area (Å²) in [6.45, 7) is 5.58. The van der Waals surface area contributed by atoms with Gasteiger partial charge in [-0.3, -0.25) is 10.1 Å². The van der Waals surface area contributed by atoms with E-state index in [1.807, 2.05) is 0 Å². The molecule has 0 radical (unpaired) electrons.